The molecule has 1 aromatic heterocycles. The van der Waals surface area contributed by atoms with Gasteiger partial charge in [0.1, 0.15) is 11.9 Å². The van der Waals surface area contributed by atoms with Crippen LogP contribution in [0.2, 0.25) is 5.02 Å². The zero-order chi connectivity index (χ0) is 35.8. The molecule has 0 saturated carbocycles. The summed E-state index contributed by atoms with van der Waals surface area (Å²) in [6, 6.07) is 15.1. The van der Waals surface area contributed by atoms with Gasteiger partial charge in [0.2, 0.25) is 12.6 Å². The highest BCUT2D eigenvalue weighted by Crippen LogP contribution is 2.36. The van der Waals surface area contributed by atoms with E-state index in [1.165, 1.54) is 0 Å². The average Bonchev–Trinajstić information content (AvgIpc) is 3.70. The van der Waals surface area contributed by atoms with Crippen LogP contribution < -0.4 is 9.30 Å². The third-order valence-corrected chi connectivity index (χ3v) is 6.96. The number of aromatic nitrogens is 2. The van der Waals surface area contributed by atoms with E-state index in [0.717, 1.165) is 53.5 Å². The second kappa shape index (κ2) is 19.9. The Morgan fingerprint density at radius 1 is 1.09 bits per heavy atom. The van der Waals surface area contributed by atoms with Gasteiger partial charge in [-0.15, -0.1) is 0 Å². The third kappa shape index (κ3) is 14.7. The van der Waals surface area contributed by atoms with Gasteiger partial charge in [0.25, 0.3) is 6.33 Å². The van der Waals surface area contributed by atoms with Gasteiger partial charge in [-0.2, -0.15) is 17.7 Å². The zero-order valence-corrected chi connectivity index (χ0v) is 28.4. The summed E-state index contributed by atoms with van der Waals surface area (Å²) in [5.74, 6) is -2.06. The molecule has 1 saturated heterocycles. The monoisotopic (exact) mass is 706 g/mol. The number of ether oxygens (including phenoxy) is 1. The lowest BCUT2D eigenvalue weighted by Crippen LogP contribution is -2.29. The minimum atomic E-state index is -5.08. The minimum absolute atomic E-state index is 0.0928. The van der Waals surface area contributed by atoms with Crippen molar-refractivity contribution in [2.45, 2.75) is 59.9 Å². The Morgan fingerprint density at radius 3 is 2.11 bits per heavy atom. The Morgan fingerprint density at radius 2 is 1.66 bits per heavy atom. The molecule has 2 heterocycles. The Balaban J connectivity index is 0.000000566. The van der Waals surface area contributed by atoms with E-state index in [-0.39, 0.29) is 12.6 Å². The summed E-state index contributed by atoms with van der Waals surface area (Å²) in [5.41, 5.74) is 3.14. The Hall–Kier alpha value is -3.68. The molecule has 1 amide bonds. The number of alkyl halides is 3. The molecule has 1 aliphatic rings. The number of methoxy groups -OCH3 is 1. The summed E-state index contributed by atoms with van der Waals surface area (Å²) < 4.78 is 56.2. The molecule has 0 radical (unpaired) electrons. The van der Waals surface area contributed by atoms with E-state index in [9.17, 15) is 22.5 Å². The highest BCUT2D eigenvalue weighted by molar-refractivity contribution is 7.46. The van der Waals surface area contributed by atoms with Gasteiger partial charge in [-0.3, -0.25) is 4.79 Å². The highest BCUT2D eigenvalue weighted by atomic mass is 35.5. The second-order valence-corrected chi connectivity index (χ2v) is 11.2. The summed E-state index contributed by atoms with van der Waals surface area (Å²) in [6.45, 7) is 9.14. The molecule has 0 aliphatic carbocycles. The summed E-state index contributed by atoms with van der Waals surface area (Å²) in [7, 11) is -2.99. The molecule has 47 heavy (non-hydrogen) atoms. The number of benzene rings is 2. The van der Waals surface area contributed by atoms with Crippen molar-refractivity contribution in [3.05, 3.63) is 82.9 Å². The number of likely N-dealkylation sites (tertiary alicyclic amines) is 1. The zero-order valence-electron chi connectivity index (χ0n) is 26.8. The van der Waals surface area contributed by atoms with Crippen molar-refractivity contribution in [2.24, 2.45) is 0 Å². The van der Waals surface area contributed by atoms with E-state index in [4.69, 9.17) is 36.0 Å². The molecule has 0 unspecified atom stereocenters. The van der Waals surface area contributed by atoms with Crippen molar-refractivity contribution in [3.63, 3.8) is 0 Å². The number of hydrogen-bond acceptors (Lipinski definition) is 5. The van der Waals surface area contributed by atoms with E-state index < -0.39 is 20.0 Å². The van der Waals surface area contributed by atoms with Crippen LogP contribution in [-0.4, -0.2) is 62.6 Å². The molecule has 11 nitrogen and oxygen atoms in total. The minimum Gasteiger partial charge on any atom is -0.492 e. The number of phosphoric ester groups is 1. The van der Waals surface area contributed by atoms with Crippen LogP contribution in [0.25, 0.3) is 11.8 Å². The van der Waals surface area contributed by atoms with Gasteiger partial charge < -0.3 is 24.5 Å². The summed E-state index contributed by atoms with van der Waals surface area (Å²) >= 11 is 5.54. The molecule has 1 fully saturated rings. The maximum Gasteiger partial charge on any atom is 0.490 e. The molecule has 3 aromatic rings. The lowest BCUT2D eigenvalue weighted by molar-refractivity contribution is -0.596. The molecule has 0 bridgehead atoms. The van der Waals surface area contributed by atoms with E-state index in [0.29, 0.717) is 12.2 Å². The number of aryl methyl sites for hydroxylation is 1. The standard InChI is InChI=1S/C21H28N3O6P.C6H5Cl.C2HF3O2.C2H6/c1-4-18(21(25)22-9-5-6-10-22)11-17-7-8-19(20(12-17)29-3)23-13-16(2)24(14-23)15-30-31(26,27)28;7-6-4-2-1-3-5-6;3-2(4,5)1(6)7;1-2/h7-8,11-14H,4-6,9-10,15H2,1-3H3,(H-,26,27,28);1-5H;(H,6,7);1-2H3/p+1/b18-11+;;;. The van der Waals surface area contributed by atoms with E-state index >= 15 is 0 Å². The SMILES string of the molecule is CC.CC/C(=C\c1ccc(-[n+]2cc(C)n(COP(=O)(O)O)c2)c(OC)c1)C(=O)N1CCCC1.Clc1ccccc1.O=C(O)C(F)(F)F. The smallest absolute Gasteiger partial charge is 0.490 e. The predicted molar refractivity (Wildman–Crippen MR) is 171 cm³/mol. The molecule has 4 rings (SSSR count). The van der Waals surface area contributed by atoms with Gasteiger partial charge in [-0.25, -0.2) is 18.5 Å². The average molecular weight is 707 g/mol. The Kier molecular flexibility index (Phi) is 17.5. The van der Waals surface area contributed by atoms with Crippen LogP contribution in [0.15, 0.2) is 66.6 Å². The van der Waals surface area contributed by atoms with Gasteiger partial charge in [-0.05, 0) is 55.2 Å². The van der Waals surface area contributed by atoms with Gasteiger partial charge >= 0.3 is 20.0 Å². The van der Waals surface area contributed by atoms with Crippen molar-refractivity contribution in [1.82, 2.24) is 9.47 Å². The first-order chi connectivity index (χ1) is 22.1. The Bertz CT molecular complexity index is 1510. The van der Waals surface area contributed by atoms with Crippen molar-refractivity contribution < 1.29 is 56.0 Å². The molecule has 3 N–H and O–H groups in total. The van der Waals surface area contributed by atoms with E-state index in [2.05, 4.69) is 4.52 Å². The number of halogens is 4. The highest BCUT2D eigenvalue weighted by Gasteiger charge is 2.38. The number of carbonyl (C=O) groups excluding carboxylic acids is 1. The summed E-state index contributed by atoms with van der Waals surface area (Å²) in [4.78, 5) is 41.4. The maximum atomic E-state index is 12.7. The fourth-order valence-electron chi connectivity index (χ4n) is 4.01. The lowest BCUT2D eigenvalue weighted by Gasteiger charge is -2.17. The third-order valence-electron chi connectivity index (χ3n) is 6.26. The van der Waals surface area contributed by atoms with Crippen molar-refractivity contribution in [1.29, 1.82) is 0 Å². The number of aliphatic carboxylic acids is 1. The van der Waals surface area contributed by atoms with Gasteiger partial charge in [-0.1, -0.05) is 56.6 Å². The van der Waals surface area contributed by atoms with Crippen LogP contribution in [0.5, 0.6) is 5.75 Å². The molecule has 0 atom stereocenters. The number of carboxylic acid groups (broad SMARTS) is 1. The van der Waals surface area contributed by atoms with Crippen LogP contribution in [0.4, 0.5) is 13.2 Å². The quantitative estimate of drug-likeness (QED) is 0.136. The van der Waals surface area contributed by atoms with Crippen LogP contribution in [-0.2, 0) is 25.4 Å². The summed E-state index contributed by atoms with van der Waals surface area (Å²) in [5, 5.41) is 7.92. The predicted octanol–water partition coefficient (Wildman–Crippen LogP) is 6.56. The lowest BCUT2D eigenvalue weighted by atomic mass is 10.1. The van der Waals surface area contributed by atoms with E-state index in [1.807, 2.05) is 86.5 Å². The molecule has 2 aromatic carbocycles. The first kappa shape index (κ1) is 41.3. The largest absolute Gasteiger partial charge is 0.492 e. The first-order valence-corrected chi connectivity index (χ1v) is 16.4. The van der Waals surface area contributed by atoms with Crippen molar-refractivity contribution in [3.8, 4) is 11.4 Å². The molecule has 260 valence electrons. The fourth-order valence-corrected chi connectivity index (χ4v) is 4.43. The van der Waals surface area contributed by atoms with Crippen molar-refractivity contribution >= 4 is 37.4 Å². The van der Waals surface area contributed by atoms with Crippen LogP contribution in [0.1, 0.15) is 51.3 Å². The number of nitrogens with zero attached hydrogens (tertiary/aromatic N) is 3. The second-order valence-electron chi connectivity index (χ2n) is 9.56. The molecule has 16 heteroatoms. The Labute approximate surface area is 277 Å². The normalized spacial score (nSPS) is 12.9. The number of imidazole rings is 1. The topological polar surface area (TPSA) is 142 Å². The van der Waals surface area contributed by atoms with Gasteiger partial charge in [0.05, 0.1) is 7.11 Å². The maximum absolute atomic E-state index is 12.7. The molecule has 0 spiro atoms. The van der Waals surface area contributed by atoms with Crippen LogP contribution >= 0.6 is 19.4 Å². The van der Waals surface area contributed by atoms with E-state index in [1.54, 1.807) is 29.5 Å². The first-order valence-electron chi connectivity index (χ1n) is 14.5. The number of carbonyl (C=O) groups is 2. The number of hydrogen-bond donors (Lipinski definition) is 3. The molecular formula is C31H41ClF3N3O8P+. The number of phosphoric acid groups is 1. The number of rotatable bonds is 8. The number of carboxylic acids is 1. The van der Waals surface area contributed by atoms with Crippen LogP contribution in [0.3, 0.4) is 0 Å². The number of amides is 1. The molecule has 1 aliphatic heterocycles. The van der Waals surface area contributed by atoms with Crippen LogP contribution in [0, 0.1) is 6.92 Å². The van der Waals surface area contributed by atoms with Gasteiger partial charge in [0, 0.05) is 30.6 Å². The van der Waals surface area contributed by atoms with Gasteiger partial charge in [0.15, 0.2) is 11.4 Å². The molecular weight excluding hydrogens is 666 g/mol. The summed E-state index contributed by atoms with van der Waals surface area (Å²) in [6.07, 6.45) is 3.07. The fraction of sp³-hybridized carbons (Fsp3) is 0.387. The van der Waals surface area contributed by atoms with Crippen molar-refractivity contribution in [2.75, 3.05) is 20.2 Å².